The number of sulfonamides is 1. The minimum Gasteiger partial charge on any atom is -0.492 e. The second kappa shape index (κ2) is 9.29. The Morgan fingerprint density at radius 2 is 1.88 bits per heavy atom. The zero-order valence-electron chi connectivity index (χ0n) is 18.9. The van der Waals surface area contributed by atoms with E-state index in [1.807, 2.05) is 18.2 Å². The van der Waals surface area contributed by atoms with Gasteiger partial charge in [0.2, 0.25) is 10.0 Å². The summed E-state index contributed by atoms with van der Waals surface area (Å²) in [5.41, 5.74) is 3.40. The van der Waals surface area contributed by atoms with E-state index in [1.165, 1.54) is 41.0 Å². The molecule has 0 radical (unpaired) electrons. The van der Waals surface area contributed by atoms with Gasteiger partial charge >= 0.3 is 0 Å². The van der Waals surface area contributed by atoms with Crippen molar-refractivity contribution < 1.29 is 13.2 Å². The van der Waals surface area contributed by atoms with E-state index < -0.39 is 10.0 Å². The van der Waals surface area contributed by atoms with E-state index in [4.69, 9.17) is 4.74 Å². The van der Waals surface area contributed by atoms with Gasteiger partial charge in [-0.25, -0.2) is 13.1 Å². The van der Waals surface area contributed by atoms with Crippen LogP contribution in [0, 0.1) is 0 Å². The molecule has 1 aromatic heterocycles. The molecular formula is C25H30N4O3S. The summed E-state index contributed by atoms with van der Waals surface area (Å²) >= 11 is 0. The highest BCUT2D eigenvalue weighted by atomic mass is 32.2. The molecule has 8 heteroatoms. The quantitative estimate of drug-likeness (QED) is 0.579. The molecule has 3 aromatic rings. The molecule has 0 amide bonds. The number of aromatic nitrogens is 2. The predicted octanol–water partition coefficient (Wildman–Crippen LogP) is 3.08. The number of aryl methyl sites for hydroxylation is 1. The largest absolute Gasteiger partial charge is 0.492 e. The lowest BCUT2D eigenvalue weighted by Crippen LogP contribution is -2.45. The Balaban J connectivity index is 1.41. The highest BCUT2D eigenvalue weighted by Crippen LogP contribution is 2.39. The molecule has 2 aliphatic rings. The van der Waals surface area contributed by atoms with Crippen LogP contribution in [0.15, 0.2) is 65.8 Å². The molecule has 0 saturated carbocycles. The lowest BCUT2D eigenvalue weighted by Gasteiger charge is -2.39. The van der Waals surface area contributed by atoms with Crippen LogP contribution < -0.4 is 9.46 Å². The first-order valence-electron chi connectivity index (χ1n) is 11.5. The van der Waals surface area contributed by atoms with Crippen molar-refractivity contribution in [2.45, 2.75) is 42.7 Å². The van der Waals surface area contributed by atoms with Crippen LogP contribution in [0.1, 0.15) is 35.4 Å². The Bertz CT molecular complexity index is 1200. The van der Waals surface area contributed by atoms with E-state index in [9.17, 15) is 8.42 Å². The Labute approximate surface area is 195 Å². The molecule has 1 fully saturated rings. The predicted molar refractivity (Wildman–Crippen MR) is 127 cm³/mol. The molecular weight excluding hydrogens is 436 g/mol. The number of hydrogen-bond donors (Lipinski definition) is 1. The summed E-state index contributed by atoms with van der Waals surface area (Å²) < 4.78 is 35.7. The van der Waals surface area contributed by atoms with Crippen LogP contribution in [0.3, 0.4) is 0 Å². The monoisotopic (exact) mass is 466 g/mol. The normalized spacial score (nSPS) is 21.0. The van der Waals surface area contributed by atoms with Crippen molar-refractivity contribution in [2.24, 2.45) is 7.05 Å². The van der Waals surface area contributed by atoms with Crippen molar-refractivity contribution in [2.75, 3.05) is 19.7 Å². The van der Waals surface area contributed by atoms with Gasteiger partial charge < -0.3 is 4.74 Å². The molecule has 3 heterocycles. The van der Waals surface area contributed by atoms with Crippen molar-refractivity contribution in [3.05, 3.63) is 77.6 Å². The van der Waals surface area contributed by atoms with Crippen molar-refractivity contribution in [3.8, 4) is 5.75 Å². The van der Waals surface area contributed by atoms with Gasteiger partial charge in [0.1, 0.15) is 17.3 Å². The summed E-state index contributed by atoms with van der Waals surface area (Å²) in [5, 5.41) is 3.97. The summed E-state index contributed by atoms with van der Waals surface area (Å²) in [5.74, 6) is 1.20. The van der Waals surface area contributed by atoms with Gasteiger partial charge in [-0.2, -0.15) is 5.10 Å². The number of rotatable bonds is 7. The van der Waals surface area contributed by atoms with Gasteiger partial charge in [0, 0.05) is 25.7 Å². The average Bonchev–Trinajstić information content (AvgIpc) is 3.51. The highest BCUT2D eigenvalue weighted by molar-refractivity contribution is 7.89. The first-order valence-corrected chi connectivity index (χ1v) is 13.0. The van der Waals surface area contributed by atoms with Gasteiger partial charge in [-0.15, -0.1) is 0 Å². The van der Waals surface area contributed by atoms with E-state index in [0.29, 0.717) is 18.6 Å². The van der Waals surface area contributed by atoms with Crippen LogP contribution in [0.4, 0.5) is 0 Å². The Hall–Kier alpha value is -2.68. The molecule has 33 heavy (non-hydrogen) atoms. The second-order valence-electron chi connectivity index (χ2n) is 8.96. The van der Waals surface area contributed by atoms with E-state index in [-0.39, 0.29) is 11.4 Å². The molecule has 1 saturated heterocycles. The lowest BCUT2D eigenvalue weighted by atomic mass is 9.82. The number of ether oxygens (including phenoxy) is 1. The third kappa shape index (κ3) is 4.83. The molecule has 0 bridgehead atoms. The molecule has 0 aliphatic carbocycles. The third-order valence-electron chi connectivity index (χ3n) is 6.71. The Morgan fingerprint density at radius 3 is 2.61 bits per heavy atom. The number of fused-ring (bicyclic) bond motifs is 1. The molecule has 174 valence electrons. The number of likely N-dealkylation sites (tertiary alicyclic amines) is 1. The zero-order chi connectivity index (χ0) is 22.8. The van der Waals surface area contributed by atoms with E-state index in [1.54, 1.807) is 7.05 Å². The summed E-state index contributed by atoms with van der Waals surface area (Å²) in [4.78, 5) is 2.73. The van der Waals surface area contributed by atoms with Crippen molar-refractivity contribution in [1.82, 2.24) is 19.4 Å². The van der Waals surface area contributed by atoms with Crippen LogP contribution in [0.25, 0.3) is 0 Å². The number of nitrogens with zero attached hydrogens (tertiary/aromatic N) is 3. The fourth-order valence-corrected chi connectivity index (χ4v) is 5.97. The van der Waals surface area contributed by atoms with E-state index in [2.05, 4.69) is 45.1 Å². The molecule has 5 rings (SSSR count). The summed E-state index contributed by atoms with van der Waals surface area (Å²) in [6, 6.07) is 17.0. The van der Waals surface area contributed by atoms with Crippen LogP contribution in [0.5, 0.6) is 5.75 Å². The van der Waals surface area contributed by atoms with Gasteiger partial charge in [0.05, 0.1) is 12.2 Å². The second-order valence-corrected chi connectivity index (χ2v) is 10.7. The minimum absolute atomic E-state index is 0.169. The van der Waals surface area contributed by atoms with Gasteiger partial charge in [-0.1, -0.05) is 42.5 Å². The summed E-state index contributed by atoms with van der Waals surface area (Å²) in [6.45, 7) is 3.13. The summed E-state index contributed by atoms with van der Waals surface area (Å²) in [7, 11) is -1.92. The number of nitrogens with one attached hydrogen (secondary N) is 1. The zero-order valence-corrected chi connectivity index (χ0v) is 19.7. The molecule has 1 N–H and O–H groups in total. The van der Waals surface area contributed by atoms with Crippen LogP contribution in [-0.2, 0) is 30.0 Å². The maximum absolute atomic E-state index is 12.6. The van der Waals surface area contributed by atoms with Crippen LogP contribution >= 0.6 is 0 Å². The van der Waals surface area contributed by atoms with Crippen molar-refractivity contribution in [1.29, 1.82) is 0 Å². The van der Waals surface area contributed by atoms with Crippen molar-refractivity contribution in [3.63, 3.8) is 0 Å². The molecule has 2 aliphatic heterocycles. The van der Waals surface area contributed by atoms with Gasteiger partial charge in [0.15, 0.2) is 0 Å². The average molecular weight is 467 g/mol. The van der Waals surface area contributed by atoms with Crippen molar-refractivity contribution >= 4 is 10.0 Å². The standard InChI is InChI=1S/C25H30N4O3S/c1-28-17-21(16-26-28)33(30,31)27-15-20-9-10-25-23(14-20)22(13-19-7-3-2-4-8-19)24(18-32-25)29-11-5-6-12-29/h2-4,7-10,14,16-17,22,24,27H,5-6,11-13,15,18H2,1H3/t22-,24+/m0/s1. The van der Waals surface area contributed by atoms with Crippen LogP contribution in [0.2, 0.25) is 0 Å². The minimum atomic E-state index is -3.62. The molecule has 2 aromatic carbocycles. The van der Waals surface area contributed by atoms with Crippen LogP contribution in [-0.4, -0.2) is 48.8 Å². The fourth-order valence-electron chi connectivity index (χ4n) is 4.97. The van der Waals surface area contributed by atoms with Gasteiger partial charge in [-0.3, -0.25) is 9.58 Å². The number of hydrogen-bond acceptors (Lipinski definition) is 5. The molecule has 2 atom stereocenters. The summed E-state index contributed by atoms with van der Waals surface area (Å²) in [6.07, 6.45) is 6.26. The third-order valence-corrected chi connectivity index (χ3v) is 8.07. The Morgan fingerprint density at radius 1 is 1.09 bits per heavy atom. The Kier molecular flexibility index (Phi) is 6.23. The molecule has 0 unspecified atom stereocenters. The topological polar surface area (TPSA) is 76.5 Å². The first kappa shape index (κ1) is 22.1. The first-order chi connectivity index (χ1) is 16.0. The molecule has 7 nitrogen and oxygen atoms in total. The highest BCUT2D eigenvalue weighted by Gasteiger charge is 2.36. The lowest BCUT2D eigenvalue weighted by molar-refractivity contribution is 0.116. The maximum atomic E-state index is 12.6. The number of benzene rings is 2. The SMILES string of the molecule is Cn1cc(S(=O)(=O)NCc2ccc3c(c2)[C@H](Cc2ccccc2)[C@H](N2CCCC2)CO3)cn1. The van der Waals surface area contributed by atoms with E-state index in [0.717, 1.165) is 30.8 Å². The fraction of sp³-hybridized carbons (Fsp3) is 0.400. The maximum Gasteiger partial charge on any atom is 0.243 e. The smallest absolute Gasteiger partial charge is 0.243 e. The van der Waals surface area contributed by atoms with E-state index >= 15 is 0 Å². The molecule has 0 spiro atoms. The van der Waals surface area contributed by atoms with Gasteiger partial charge in [0.25, 0.3) is 0 Å². The van der Waals surface area contributed by atoms with Gasteiger partial charge in [-0.05, 0) is 55.1 Å².